The lowest BCUT2D eigenvalue weighted by molar-refractivity contribution is -0.121. The lowest BCUT2D eigenvalue weighted by Gasteiger charge is -2.31. The third-order valence-corrected chi connectivity index (χ3v) is 4.55. The fourth-order valence-corrected chi connectivity index (χ4v) is 3.12. The Kier molecular flexibility index (Phi) is 4.69. The van der Waals surface area contributed by atoms with Crippen molar-refractivity contribution in [1.29, 1.82) is 0 Å². The van der Waals surface area contributed by atoms with Gasteiger partial charge in [0.15, 0.2) is 0 Å². The molecule has 132 valence electrons. The zero-order valence-corrected chi connectivity index (χ0v) is 13.8. The van der Waals surface area contributed by atoms with Crippen molar-refractivity contribution in [2.75, 3.05) is 0 Å². The van der Waals surface area contributed by atoms with Crippen LogP contribution in [0.3, 0.4) is 0 Å². The summed E-state index contributed by atoms with van der Waals surface area (Å²) in [6, 6.07) is 12.4. The molecule has 3 rings (SSSR count). The number of allylic oxidation sites excluding steroid dienone is 3. The van der Waals surface area contributed by atoms with E-state index in [9.17, 15) is 14.0 Å². The molecular weight excluding hydrogens is 335 g/mol. The molecule has 2 amide bonds. The third kappa shape index (κ3) is 3.14. The zero-order valence-electron chi connectivity index (χ0n) is 13.8. The number of benzene rings is 2. The Bertz CT molecular complexity index is 919. The van der Waals surface area contributed by atoms with Crippen molar-refractivity contribution >= 4 is 17.4 Å². The van der Waals surface area contributed by atoms with Crippen molar-refractivity contribution in [3.8, 4) is 0 Å². The highest BCUT2D eigenvalue weighted by molar-refractivity contribution is 5.95. The van der Waals surface area contributed by atoms with Crippen molar-refractivity contribution in [3.05, 3.63) is 89.3 Å². The summed E-state index contributed by atoms with van der Waals surface area (Å²) in [4.78, 5) is 23.7. The van der Waals surface area contributed by atoms with Crippen LogP contribution in [-0.2, 0) is 10.2 Å². The van der Waals surface area contributed by atoms with Gasteiger partial charge in [0.05, 0.1) is 5.41 Å². The minimum Gasteiger partial charge on any atom is -0.369 e. The number of nitrogens with two attached hydrogens (primary N) is 1. The molecule has 0 fully saturated rings. The fraction of sp³-hybridized carbons (Fsp3) is 0.100. The largest absolute Gasteiger partial charge is 0.369 e. The third-order valence-electron chi connectivity index (χ3n) is 4.55. The molecule has 0 saturated heterocycles. The molecule has 1 aliphatic carbocycles. The van der Waals surface area contributed by atoms with Gasteiger partial charge in [-0.1, -0.05) is 42.5 Å². The summed E-state index contributed by atoms with van der Waals surface area (Å²) in [6.07, 6.45) is 5.53. The van der Waals surface area contributed by atoms with Crippen LogP contribution in [0.1, 0.15) is 27.9 Å². The minimum atomic E-state index is -1.15. The van der Waals surface area contributed by atoms with Gasteiger partial charge in [0.1, 0.15) is 5.82 Å². The standard InChI is InChI=1S/C20H17FN2O3/c21-17-5-1-4-16(11-17)20(19(22)25)10-2-3-15(12-20)13-6-8-14(9-7-13)18(24)23-26/h1-11,26H,12H2,(H2,22,25)(H,23,24). The summed E-state index contributed by atoms with van der Waals surface area (Å²) in [6.45, 7) is 0. The monoisotopic (exact) mass is 352 g/mol. The van der Waals surface area contributed by atoms with E-state index in [0.717, 1.165) is 11.1 Å². The van der Waals surface area contributed by atoms with Gasteiger partial charge in [-0.25, -0.2) is 9.87 Å². The molecule has 1 unspecified atom stereocenters. The van der Waals surface area contributed by atoms with E-state index in [4.69, 9.17) is 10.9 Å². The molecule has 26 heavy (non-hydrogen) atoms. The van der Waals surface area contributed by atoms with Gasteiger partial charge < -0.3 is 5.73 Å². The normalized spacial score (nSPS) is 18.9. The molecular formula is C20H17FN2O3. The Morgan fingerprint density at radius 1 is 1.15 bits per heavy atom. The van der Waals surface area contributed by atoms with E-state index in [1.165, 1.54) is 12.1 Å². The van der Waals surface area contributed by atoms with Gasteiger partial charge in [-0.2, -0.15) is 0 Å². The van der Waals surface area contributed by atoms with E-state index in [1.54, 1.807) is 54.0 Å². The van der Waals surface area contributed by atoms with Gasteiger partial charge in [0.25, 0.3) is 5.91 Å². The Morgan fingerprint density at radius 2 is 1.88 bits per heavy atom. The van der Waals surface area contributed by atoms with Gasteiger partial charge in [0.2, 0.25) is 5.91 Å². The average Bonchev–Trinajstić information content (AvgIpc) is 2.67. The first kappa shape index (κ1) is 17.6. The van der Waals surface area contributed by atoms with E-state index in [2.05, 4.69) is 0 Å². The van der Waals surface area contributed by atoms with Gasteiger partial charge in [0, 0.05) is 5.56 Å². The molecule has 6 heteroatoms. The highest BCUT2D eigenvalue weighted by Crippen LogP contribution is 2.39. The maximum atomic E-state index is 13.7. The van der Waals surface area contributed by atoms with Crippen LogP contribution < -0.4 is 11.2 Å². The quantitative estimate of drug-likeness (QED) is 0.583. The first-order valence-corrected chi connectivity index (χ1v) is 7.95. The summed E-state index contributed by atoms with van der Waals surface area (Å²) in [5, 5.41) is 8.68. The van der Waals surface area contributed by atoms with Crippen LogP contribution in [0.15, 0.2) is 66.8 Å². The number of hydrogen-bond donors (Lipinski definition) is 3. The molecule has 1 atom stereocenters. The Balaban J connectivity index is 1.97. The second kappa shape index (κ2) is 6.93. The molecule has 0 saturated carbocycles. The van der Waals surface area contributed by atoms with Crippen molar-refractivity contribution in [2.45, 2.75) is 11.8 Å². The number of carbonyl (C=O) groups excluding carboxylic acids is 2. The van der Waals surface area contributed by atoms with Gasteiger partial charge in [-0.3, -0.25) is 14.8 Å². The number of primary amides is 1. The molecule has 2 aromatic rings. The molecule has 4 N–H and O–H groups in total. The topological polar surface area (TPSA) is 92.4 Å². The SMILES string of the molecule is NC(=O)C1(c2cccc(F)c2)C=CC=C(c2ccc(C(=O)NO)cc2)C1. The second-order valence-electron chi connectivity index (χ2n) is 6.09. The van der Waals surface area contributed by atoms with Gasteiger partial charge in [-0.15, -0.1) is 0 Å². The highest BCUT2D eigenvalue weighted by atomic mass is 19.1. The molecule has 0 aromatic heterocycles. The molecule has 0 heterocycles. The number of nitrogens with one attached hydrogen (secondary N) is 1. The van der Waals surface area contributed by atoms with Crippen molar-refractivity contribution in [1.82, 2.24) is 5.48 Å². The Morgan fingerprint density at radius 3 is 2.50 bits per heavy atom. The molecule has 0 spiro atoms. The van der Waals surface area contributed by atoms with Crippen LogP contribution >= 0.6 is 0 Å². The molecule has 0 radical (unpaired) electrons. The highest BCUT2D eigenvalue weighted by Gasteiger charge is 2.38. The number of halogens is 1. The summed E-state index contributed by atoms with van der Waals surface area (Å²) >= 11 is 0. The van der Waals surface area contributed by atoms with E-state index in [-0.39, 0.29) is 6.42 Å². The number of carbonyl (C=O) groups is 2. The maximum absolute atomic E-state index is 13.7. The molecule has 0 bridgehead atoms. The van der Waals surface area contributed by atoms with E-state index in [1.807, 2.05) is 6.08 Å². The lowest BCUT2D eigenvalue weighted by atomic mass is 9.71. The Labute approximate surface area is 149 Å². The summed E-state index contributed by atoms with van der Waals surface area (Å²) < 4.78 is 13.7. The first-order chi connectivity index (χ1) is 12.5. The van der Waals surface area contributed by atoms with Gasteiger partial charge >= 0.3 is 0 Å². The predicted octanol–water partition coefficient (Wildman–Crippen LogP) is 2.71. The van der Waals surface area contributed by atoms with Crippen LogP contribution in [0.2, 0.25) is 0 Å². The second-order valence-corrected chi connectivity index (χ2v) is 6.09. The van der Waals surface area contributed by atoms with Crippen molar-refractivity contribution in [2.24, 2.45) is 5.73 Å². The van der Waals surface area contributed by atoms with Crippen LogP contribution in [0.5, 0.6) is 0 Å². The van der Waals surface area contributed by atoms with Crippen LogP contribution in [0.25, 0.3) is 5.57 Å². The fourth-order valence-electron chi connectivity index (χ4n) is 3.12. The number of hydrogen-bond acceptors (Lipinski definition) is 3. The lowest BCUT2D eigenvalue weighted by Crippen LogP contribution is -2.40. The molecule has 2 aromatic carbocycles. The minimum absolute atomic E-state index is 0.272. The smallest absolute Gasteiger partial charge is 0.274 e. The van der Waals surface area contributed by atoms with Crippen LogP contribution in [0.4, 0.5) is 4.39 Å². The first-order valence-electron chi connectivity index (χ1n) is 7.95. The van der Waals surface area contributed by atoms with E-state index >= 15 is 0 Å². The van der Waals surface area contributed by atoms with E-state index in [0.29, 0.717) is 11.1 Å². The van der Waals surface area contributed by atoms with Crippen LogP contribution in [0, 0.1) is 5.82 Å². The molecule has 5 nitrogen and oxygen atoms in total. The predicted molar refractivity (Wildman–Crippen MR) is 94.7 cm³/mol. The molecule has 0 aliphatic heterocycles. The zero-order chi connectivity index (χ0) is 18.7. The van der Waals surface area contributed by atoms with Crippen LogP contribution in [-0.4, -0.2) is 17.0 Å². The van der Waals surface area contributed by atoms with Crippen molar-refractivity contribution < 1.29 is 19.2 Å². The average molecular weight is 352 g/mol. The Hall–Kier alpha value is -3.25. The van der Waals surface area contributed by atoms with E-state index < -0.39 is 23.0 Å². The molecule has 1 aliphatic rings. The summed E-state index contributed by atoms with van der Waals surface area (Å²) in [7, 11) is 0. The maximum Gasteiger partial charge on any atom is 0.274 e. The number of hydroxylamine groups is 1. The van der Waals surface area contributed by atoms with Gasteiger partial charge in [-0.05, 0) is 47.4 Å². The summed E-state index contributed by atoms with van der Waals surface area (Å²) in [5.41, 5.74) is 8.53. The number of rotatable bonds is 4. The van der Waals surface area contributed by atoms with Crippen molar-refractivity contribution in [3.63, 3.8) is 0 Å². The number of amides is 2. The summed E-state index contributed by atoms with van der Waals surface area (Å²) in [5.74, 6) is -1.62.